The number of benzene rings is 1. The van der Waals surface area contributed by atoms with Gasteiger partial charge in [-0.3, -0.25) is 14.8 Å². The molecule has 0 bridgehead atoms. The van der Waals surface area contributed by atoms with Gasteiger partial charge in [-0.05, 0) is 30.7 Å². The quantitative estimate of drug-likeness (QED) is 0.351. The summed E-state index contributed by atoms with van der Waals surface area (Å²) in [6.45, 7) is 3.16. The molecule has 0 radical (unpaired) electrons. The summed E-state index contributed by atoms with van der Waals surface area (Å²) in [7, 11) is 0. The minimum Gasteiger partial charge on any atom is -0.382 e. The molecule has 184 valence electrons. The van der Waals surface area contributed by atoms with Gasteiger partial charge in [-0.1, -0.05) is 60.5 Å². The molecule has 1 aromatic carbocycles. The number of piperidine rings is 1. The van der Waals surface area contributed by atoms with Crippen molar-refractivity contribution in [2.24, 2.45) is 16.6 Å². The number of hydrogen-bond donors (Lipinski definition) is 4. The highest BCUT2D eigenvalue weighted by Gasteiger charge is 2.53. The zero-order chi connectivity index (χ0) is 25.4. The van der Waals surface area contributed by atoms with Crippen molar-refractivity contribution in [1.29, 1.82) is 0 Å². The van der Waals surface area contributed by atoms with Crippen molar-refractivity contribution in [3.05, 3.63) is 58.2 Å². The molecule has 2 aromatic rings. The van der Waals surface area contributed by atoms with Gasteiger partial charge in [0.1, 0.15) is 11.5 Å². The van der Waals surface area contributed by atoms with Crippen molar-refractivity contribution < 1.29 is 14.8 Å². The second kappa shape index (κ2) is 9.49. The fourth-order valence-corrected chi connectivity index (χ4v) is 5.36. The second-order valence-corrected chi connectivity index (χ2v) is 9.90. The number of amides is 2. The minimum absolute atomic E-state index is 0.115. The van der Waals surface area contributed by atoms with E-state index in [1.54, 1.807) is 48.1 Å². The van der Waals surface area contributed by atoms with E-state index in [9.17, 15) is 9.59 Å². The molecule has 9 nitrogen and oxygen atoms in total. The van der Waals surface area contributed by atoms with Crippen LogP contribution in [0, 0.1) is 10.8 Å². The molecule has 35 heavy (non-hydrogen) atoms. The van der Waals surface area contributed by atoms with Crippen LogP contribution in [0.25, 0.3) is 11.3 Å². The summed E-state index contributed by atoms with van der Waals surface area (Å²) >= 11 is 12.4. The van der Waals surface area contributed by atoms with E-state index in [1.165, 1.54) is 0 Å². The summed E-state index contributed by atoms with van der Waals surface area (Å²) in [5.41, 5.74) is 13.5. The summed E-state index contributed by atoms with van der Waals surface area (Å²) < 4.78 is 0. The molecular weight excluding hydrogens is 491 g/mol. The number of hydrogen-bond acceptors (Lipinski definition) is 7. The lowest BCUT2D eigenvalue weighted by Crippen LogP contribution is -2.54. The first-order valence-electron chi connectivity index (χ1n) is 11.1. The van der Waals surface area contributed by atoms with Crippen molar-refractivity contribution in [1.82, 2.24) is 15.4 Å². The number of primary amides is 1. The Morgan fingerprint density at radius 2 is 1.94 bits per heavy atom. The van der Waals surface area contributed by atoms with Crippen LogP contribution in [0.5, 0.6) is 0 Å². The third kappa shape index (κ3) is 4.35. The van der Waals surface area contributed by atoms with Crippen LogP contribution < -0.4 is 21.8 Å². The lowest BCUT2D eigenvalue weighted by Gasteiger charge is -2.50. The molecule has 1 aliphatic heterocycles. The maximum Gasteiger partial charge on any atom is 0.270 e. The van der Waals surface area contributed by atoms with Crippen LogP contribution in [0.4, 0.5) is 11.6 Å². The molecule has 1 saturated heterocycles. The Balaban J connectivity index is 1.55. The number of rotatable bonds is 5. The molecule has 4 rings (SSSR count). The summed E-state index contributed by atoms with van der Waals surface area (Å²) in [5, 5.41) is 9.81. The number of hydroxylamine groups is 1. The number of nitrogens with two attached hydrogens (primary N) is 2. The van der Waals surface area contributed by atoms with E-state index in [0.29, 0.717) is 58.6 Å². The molecular formula is C24H26Cl2N6O3. The van der Waals surface area contributed by atoms with Gasteiger partial charge in [-0.25, -0.2) is 15.4 Å². The molecule has 1 fully saturated rings. The van der Waals surface area contributed by atoms with Crippen molar-refractivity contribution in [3.63, 3.8) is 0 Å². The van der Waals surface area contributed by atoms with Gasteiger partial charge in [-0.15, -0.1) is 0 Å². The number of carbonyl (C=O) groups excluding carboxylic acids is 2. The fourth-order valence-electron chi connectivity index (χ4n) is 4.97. The van der Waals surface area contributed by atoms with Gasteiger partial charge in [0.05, 0.1) is 21.7 Å². The van der Waals surface area contributed by atoms with E-state index < -0.39 is 22.6 Å². The monoisotopic (exact) mass is 516 g/mol. The van der Waals surface area contributed by atoms with Gasteiger partial charge in [0.2, 0.25) is 5.91 Å². The lowest BCUT2D eigenvalue weighted by atomic mass is 9.56. The number of nitrogens with one attached hydrogen (secondary N) is 1. The average Bonchev–Trinajstić information content (AvgIpc) is 2.85. The van der Waals surface area contributed by atoms with E-state index in [4.69, 9.17) is 39.9 Å². The van der Waals surface area contributed by atoms with Crippen molar-refractivity contribution in [2.45, 2.75) is 26.2 Å². The van der Waals surface area contributed by atoms with Crippen LogP contribution in [0.2, 0.25) is 10.0 Å². The molecule has 0 saturated carbocycles. The lowest BCUT2D eigenvalue weighted by molar-refractivity contribution is -0.133. The van der Waals surface area contributed by atoms with Crippen molar-refractivity contribution >= 4 is 46.7 Å². The molecule has 6 N–H and O–H groups in total. The molecule has 0 spiro atoms. The Hall–Kier alpha value is -3.14. The number of nitrogen functional groups attached to an aromatic ring is 1. The predicted molar refractivity (Wildman–Crippen MR) is 135 cm³/mol. The number of carbonyl (C=O) groups is 2. The number of halogens is 2. The van der Waals surface area contributed by atoms with Gasteiger partial charge in [0.15, 0.2) is 5.82 Å². The Bertz CT molecular complexity index is 1240. The minimum atomic E-state index is -1.06. The summed E-state index contributed by atoms with van der Waals surface area (Å²) in [5.74, 6) is -0.313. The Morgan fingerprint density at radius 1 is 1.23 bits per heavy atom. The number of nitrogens with zero attached hydrogens (tertiary/aromatic N) is 3. The fraction of sp³-hybridized carbons (Fsp3) is 0.333. The van der Waals surface area contributed by atoms with Gasteiger partial charge in [0, 0.05) is 24.2 Å². The molecule has 2 amide bonds. The first-order chi connectivity index (χ1) is 16.6. The van der Waals surface area contributed by atoms with Gasteiger partial charge < -0.3 is 16.4 Å². The molecule has 1 atom stereocenters. The highest BCUT2D eigenvalue weighted by Crippen LogP contribution is 2.53. The zero-order valence-corrected chi connectivity index (χ0v) is 20.6. The molecule has 11 heteroatoms. The zero-order valence-electron chi connectivity index (χ0n) is 19.1. The van der Waals surface area contributed by atoms with Gasteiger partial charge >= 0.3 is 0 Å². The molecule has 1 unspecified atom stereocenters. The Kier molecular flexibility index (Phi) is 6.77. The first-order valence-corrected chi connectivity index (χ1v) is 11.8. The standard InChI is InChI=1S/C24H26Cl2N6O3/c1-23(24(22(28)34)7-3-4-14(12-24)21(33)31-35)8-10-32(11-9-23)17-13-29-19(20(27)30-17)15-5-2-6-16(25)18(15)26/h2-7,13,35H,8-12H2,1H3,(H2,27,30)(H2,28,34)(H,31,33). The highest BCUT2D eigenvalue weighted by atomic mass is 35.5. The summed E-state index contributed by atoms with van der Waals surface area (Å²) in [6, 6.07) is 5.23. The predicted octanol–water partition coefficient (Wildman–Crippen LogP) is 3.50. The third-order valence-corrected chi connectivity index (χ3v) is 8.06. The highest BCUT2D eigenvalue weighted by molar-refractivity contribution is 6.43. The van der Waals surface area contributed by atoms with Crippen LogP contribution in [0.1, 0.15) is 26.2 Å². The molecule has 1 aliphatic carbocycles. The molecule has 1 aromatic heterocycles. The summed E-state index contributed by atoms with van der Waals surface area (Å²) in [6.07, 6.45) is 7.99. The largest absolute Gasteiger partial charge is 0.382 e. The average molecular weight is 517 g/mol. The van der Waals surface area contributed by atoms with Crippen molar-refractivity contribution in [2.75, 3.05) is 23.7 Å². The van der Waals surface area contributed by atoms with E-state index in [1.807, 2.05) is 11.8 Å². The normalized spacial score (nSPS) is 21.4. The third-order valence-electron chi connectivity index (χ3n) is 7.24. The number of allylic oxidation sites excluding steroid dienone is 2. The number of aromatic nitrogens is 2. The topological polar surface area (TPSA) is 147 Å². The van der Waals surface area contributed by atoms with E-state index >= 15 is 0 Å². The smallest absolute Gasteiger partial charge is 0.270 e. The molecule has 2 heterocycles. The van der Waals surface area contributed by atoms with Crippen molar-refractivity contribution in [3.8, 4) is 11.3 Å². The van der Waals surface area contributed by atoms with Crippen LogP contribution >= 0.6 is 23.2 Å². The van der Waals surface area contributed by atoms with E-state index in [-0.39, 0.29) is 12.2 Å². The molecule has 2 aliphatic rings. The van der Waals surface area contributed by atoms with E-state index in [0.717, 1.165) is 0 Å². The Morgan fingerprint density at radius 3 is 2.57 bits per heavy atom. The second-order valence-electron chi connectivity index (χ2n) is 9.12. The maximum atomic E-state index is 12.7. The first kappa shape index (κ1) is 25.0. The van der Waals surface area contributed by atoms with Crippen LogP contribution in [-0.2, 0) is 9.59 Å². The Labute approximate surface area is 212 Å². The van der Waals surface area contributed by atoms with Crippen LogP contribution in [0.3, 0.4) is 0 Å². The van der Waals surface area contributed by atoms with E-state index in [2.05, 4.69) is 9.97 Å². The van der Waals surface area contributed by atoms with Gasteiger partial charge in [-0.2, -0.15) is 0 Å². The maximum absolute atomic E-state index is 12.7. The van der Waals surface area contributed by atoms with Crippen LogP contribution in [-0.4, -0.2) is 40.1 Å². The SMILES string of the molecule is CC1(C2(C(N)=O)C=CC=C(C(=O)NO)C2)CCN(c2cnc(-c3cccc(Cl)c3Cl)c(N)n2)CC1. The van der Waals surface area contributed by atoms with Crippen LogP contribution in [0.15, 0.2) is 48.2 Å². The number of anilines is 2. The van der Waals surface area contributed by atoms with Gasteiger partial charge in [0.25, 0.3) is 5.91 Å². The summed E-state index contributed by atoms with van der Waals surface area (Å²) in [4.78, 5) is 35.9.